The Labute approximate surface area is 139 Å². The summed E-state index contributed by atoms with van der Waals surface area (Å²) in [6.45, 7) is 7.52. The predicted molar refractivity (Wildman–Crippen MR) is 92.4 cm³/mol. The number of hydrogen-bond donors (Lipinski definition) is 1. The van der Waals surface area contributed by atoms with Gasteiger partial charge in [0.2, 0.25) is 5.91 Å². The van der Waals surface area contributed by atoms with Crippen molar-refractivity contribution in [2.75, 3.05) is 33.3 Å². The van der Waals surface area contributed by atoms with Gasteiger partial charge in [-0.25, -0.2) is 0 Å². The number of benzene rings is 1. The molecular formula is C18H29N3O2. The summed E-state index contributed by atoms with van der Waals surface area (Å²) in [5.74, 6) is 0.981. The van der Waals surface area contributed by atoms with Crippen LogP contribution in [-0.2, 0) is 4.79 Å². The summed E-state index contributed by atoms with van der Waals surface area (Å²) < 4.78 is 5.30. The molecule has 0 aliphatic carbocycles. The van der Waals surface area contributed by atoms with Crippen LogP contribution >= 0.6 is 0 Å². The molecule has 0 spiro atoms. The van der Waals surface area contributed by atoms with E-state index in [1.165, 1.54) is 5.56 Å². The van der Waals surface area contributed by atoms with Crippen LogP contribution in [0.25, 0.3) is 0 Å². The van der Waals surface area contributed by atoms with Crippen LogP contribution in [0.15, 0.2) is 24.3 Å². The molecule has 23 heavy (non-hydrogen) atoms. The van der Waals surface area contributed by atoms with Gasteiger partial charge in [0.1, 0.15) is 5.75 Å². The highest BCUT2D eigenvalue weighted by Gasteiger charge is 2.27. The number of methoxy groups -OCH3 is 1. The normalized spacial score (nSPS) is 18.5. The highest BCUT2D eigenvalue weighted by molar-refractivity contribution is 5.81. The van der Waals surface area contributed by atoms with Gasteiger partial charge in [-0.15, -0.1) is 0 Å². The van der Waals surface area contributed by atoms with E-state index in [9.17, 15) is 4.79 Å². The molecule has 0 saturated carbocycles. The summed E-state index contributed by atoms with van der Waals surface area (Å²) in [5, 5.41) is 0. The van der Waals surface area contributed by atoms with Gasteiger partial charge in [0.25, 0.3) is 0 Å². The predicted octanol–water partition coefficient (Wildman–Crippen LogP) is 2.03. The van der Waals surface area contributed by atoms with E-state index in [0.717, 1.165) is 44.8 Å². The zero-order valence-corrected chi connectivity index (χ0v) is 14.5. The minimum Gasteiger partial charge on any atom is -0.497 e. The number of carbonyl (C=O) groups is 1. The average molecular weight is 319 g/mol. The monoisotopic (exact) mass is 319 g/mol. The molecule has 1 aliphatic rings. The first-order chi connectivity index (χ1) is 11.1. The maximum Gasteiger partial charge on any atom is 0.239 e. The first kappa shape index (κ1) is 17.8. The molecule has 1 heterocycles. The Kier molecular flexibility index (Phi) is 6.42. The summed E-state index contributed by atoms with van der Waals surface area (Å²) in [5.41, 5.74) is 7.20. The number of carbonyl (C=O) groups excluding carboxylic acids is 1. The van der Waals surface area contributed by atoms with Crippen LogP contribution < -0.4 is 10.5 Å². The molecule has 1 fully saturated rings. The Morgan fingerprint density at radius 3 is 2.61 bits per heavy atom. The van der Waals surface area contributed by atoms with Crippen molar-refractivity contribution in [1.82, 2.24) is 9.80 Å². The molecule has 128 valence electrons. The molecule has 5 heteroatoms. The van der Waals surface area contributed by atoms with Crippen molar-refractivity contribution in [3.63, 3.8) is 0 Å². The highest BCUT2D eigenvalue weighted by Crippen LogP contribution is 2.25. The Balaban J connectivity index is 1.91. The van der Waals surface area contributed by atoms with Crippen LogP contribution in [-0.4, -0.2) is 55.0 Å². The minimum absolute atomic E-state index is 0.0977. The molecule has 2 unspecified atom stereocenters. The maximum absolute atomic E-state index is 12.3. The lowest BCUT2D eigenvalue weighted by Crippen LogP contribution is -2.53. The molecule has 2 N–H and O–H groups in total. The molecule has 2 atom stereocenters. The third kappa shape index (κ3) is 4.45. The first-order valence-corrected chi connectivity index (χ1v) is 8.49. The fourth-order valence-corrected chi connectivity index (χ4v) is 3.11. The molecule has 1 amide bonds. The molecule has 0 radical (unpaired) electrons. The number of amides is 1. The van der Waals surface area contributed by atoms with Gasteiger partial charge in [-0.05, 0) is 31.0 Å². The quantitative estimate of drug-likeness (QED) is 0.871. The first-order valence-electron chi connectivity index (χ1n) is 8.49. The van der Waals surface area contributed by atoms with E-state index in [-0.39, 0.29) is 11.9 Å². The second-order valence-corrected chi connectivity index (χ2v) is 6.21. The summed E-state index contributed by atoms with van der Waals surface area (Å²) in [4.78, 5) is 16.6. The number of ether oxygens (including phenoxy) is 1. The zero-order chi connectivity index (χ0) is 16.8. The topological polar surface area (TPSA) is 58.8 Å². The largest absolute Gasteiger partial charge is 0.497 e. The van der Waals surface area contributed by atoms with Crippen molar-refractivity contribution in [1.29, 1.82) is 0 Å². The second-order valence-electron chi connectivity index (χ2n) is 6.21. The van der Waals surface area contributed by atoms with E-state index in [1.807, 2.05) is 17.0 Å². The molecular weight excluding hydrogens is 290 g/mol. The molecule has 1 saturated heterocycles. The van der Waals surface area contributed by atoms with Gasteiger partial charge in [0, 0.05) is 32.2 Å². The lowest BCUT2D eigenvalue weighted by molar-refractivity contribution is -0.134. The maximum atomic E-state index is 12.3. The third-order valence-corrected chi connectivity index (χ3v) is 4.67. The SMILES string of the molecule is CCCC(N)C(=O)N1CCN(C(C)c2cccc(OC)c2)CC1. The molecule has 0 aromatic heterocycles. The van der Waals surface area contributed by atoms with E-state index in [1.54, 1.807) is 7.11 Å². The second kappa shape index (κ2) is 8.31. The summed E-state index contributed by atoms with van der Waals surface area (Å²) in [6, 6.07) is 8.16. The van der Waals surface area contributed by atoms with Gasteiger partial charge >= 0.3 is 0 Å². The van der Waals surface area contributed by atoms with E-state index < -0.39 is 0 Å². The number of nitrogens with two attached hydrogens (primary N) is 1. The van der Waals surface area contributed by atoms with Gasteiger partial charge in [0.05, 0.1) is 13.2 Å². The Bertz CT molecular complexity index is 513. The molecule has 1 aromatic rings. The fraction of sp³-hybridized carbons (Fsp3) is 0.611. The van der Waals surface area contributed by atoms with Crippen LogP contribution in [0, 0.1) is 0 Å². The van der Waals surface area contributed by atoms with Crippen molar-refractivity contribution in [2.24, 2.45) is 5.73 Å². The van der Waals surface area contributed by atoms with Crippen LogP contribution in [0.3, 0.4) is 0 Å². The van der Waals surface area contributed by atoms with Crippen molar-refractivity contribution in [3.05, 3.63) is 29.8 Å². The number of piperazine rings is 1. The van der Waals surface area contributed by atoms with Crippen molar-refractivity contribution >= 4 is 5.91 Å². The smallest absolute Gasteiger partial charge is 0.239 e. The Morgan fingerprint density at radius 2 is 2.00 bits per heavy atom. The van der Waals surface area contributed by atoms with Gasteiger partial charge in [-0.3, -0.25) is 9.69 Å². The minimum atomic E-state index is -0.345. The molecule has 5 nitrogen and oxygen atoms in total. The van der Waals surface area contributed by atoms with E-state index >= 15 is 0 Å². The van der Waals surface area contributed by atoms with Gasteiger partial charge < -0.3 is 15.4 Å². The lowest BCUT2D eigenvalue weighted by atomic mass is 10.1. The van der Waals surface area contributed by atoms with Gasteiger partial charge in [0.15, 0.2) is 0 Å². The zero-order valence-electron chi connectivity index (χ0n) is 14.5. The average Bonchev–Trinajstić information content (AvgIpc) is 2.60. The molecule has 1 aliphatic heterocycles. The van der Waals surface area contributed by atoms with E-state index in [2.05, 4.69) is 30.9 Å². The summed E-state index contributed by atoms with van der Waals surface area (Å²) >= 11 is 0. The van der Waals surface area contributed by atoms with Crippen LogP contribution in [0.4, 0.5) is 0 Å². The van der Waals surface area contributed by atoms with Crippen LogP contribution in [0.2, 0.25) is 0 Å². The number of hydrogen-bond acceptors (Lipinski definition) is 4. The number of rotatable bonds is 6. The van der Waals surface area contributed by atoms with Crippen LogP contribution in [0.1, 0.15) is 38.3 Å². The number of nitrogens with zero attached hydrogens (tertiary/aromatic N) is 2. The van der Waals surface area contributed by atoms with Crippen LogP contribution in [0.5, 0.6) is 5.75 Å². The van der Waals surface area contributed by atoms with Gasteiger partial charge in [-0.1, -0.05) is 25.5 Å². The van der Waals surface area contributed by atoms with E-state index in [0.29, 0.717) is 6.04 Å². The van der Waals surface area contributed by atoms with Crippen molar-refractivity contribution < 1.29 is 9.53 Å². The third-order valence-electron chi connectivity index (χ3n) is 4.67. The van der Waals surface area contributed by atoms with Crippen molar-refractivity contribution in [2.45, 2.75) is 38.8 Å². The summed E-state index contributed by atoms with van der Waals surface area (Å²) in [6.07, 6.45) is 1.71. The van der Waals surface area contributed by atoms with Crippen molar-refractivity contribution in [3.8, 4) is 5.75 Å². The Morgan fingerprint density at radius 1 is 1.30 bits per heavy atom. The standard InChI is InChI=1S/C18H29N3O2/c1-4-6-17(19)18(22)21-11-9-20(10-12-21)14(2)15-7-5-8-16(13-15)23-3/h5,7-8,13-14,17H,4,6,9-12,19H2,1-3H3. The molecule has 0 bridgehead atoms. The van der Waals surface area contributed by atoms with Gasteiger partial charge in [-0.2, -0.15) is 0 Å². The lowest BCUT2D eigenvalue weighted by Gasteiger charge is -2.39. The summed E-state index contributed by atoms with van der Waals surface area (Å²) in [7, 11) is 1.69. The molecule has 1 aromatic carbocycles. The fourth-order valence-electron chi connectivity index (χ4n) is 3.11. The van der Waals surface area contributed by atoms with E-state index in [4.69, 9.17) is 10.5 Å². The molecule has 2 rings (SSSR count). The highest BCUT2D eigenvalue weighted by atomic mass is 16.5. The Hall–Kier alpha value is -1.59.